The fraction of sp³-hybridized carbons (Fsp3) is 0.154. The van der Waals surface area contributed by atoms with E-state index in [0.29, 0.717) is 0 Å². The van der Waals surface area contributed by atoms with Gasteiger partial charge in [-0.05, 0) is 70.5 Å². The third-order valence-electron chi connectivity index (χ3n) is 5.14. The summed E-state index contributed by atoms with van der Waals surface area (Å²) in [4.78, 5) is 0. The second-order valence-corrected chi connectivity index (χ2v) is 8.03. The molecule has 3 aromatic rings. The van der Waals surface area contributed by atoms with Crippen LogP contribution in [-0.4, -0.2) is 0 Å². The van der Waals surface area contributed by atoms with Gasteiger partial charge in [-0.1, -0.05) is 79.8 Å². The fourth-order valence-corrected chi connectivity index (χ4v) is 3.71. The van der Waals surface area contributed by atoms with Crippen LogP contribution in [0.15, 0.2) is 78.9 Å². The molecule has 0 bridgehead atoms. The Bertz CT molecular complexity index is 1060. The molecule has 0 nitrogen and oxygen atoms in total. The lowest BCUT2D eigenvalue weighted by atomic mass is 9.72. The lowest BCUT2D eigenvalue weighted by Crippen LogP contribution is -2.21. The van der Waals surface area contributed by atoms with Crippen LogP contribution in [0.2, 0.25) is 5.02 Å². The molecule has 0 aliphatic heterocycles. The normalized spacial score (nSPS) is 14.6. The highest BCUT2D eigenvalue weighted by Gasteiger charge is 2.28. The summed E-state index contributed by atoms with van der Waals surface area (Å²) in [6.45, 7) is 4.60. The van der Waals surface area contributed by atoms with Gasteiger partial charge >= 0.3 is 0 Å². The van der Waals surface area contributed by atoms with E-state index in [4.69, 9.17) is 11.6 Å². The van der Waals surface area contributed by atoms with Crippen molar-refractivity contribution in [3.8, 4) is 11.8 Å². The molecule has 0 aromatic heterocycles. The summed E-state index contributed by atoms with van der Waals surface area (Å²) >= 11 is 6.08. The highest BCUT2D eigenvalue weighted by Crippen LogP contribution is 2.41. The van der Waals surface area contributed by atoms with Crippen LogP contribution in [0.5, 0.6) is 0 Å². The number of hydrogen-bond donors (Lipinski definition) is 0. The van der Waals surface area contributed by atoms with Gasteiger partial charge in [-0.25, -0.2) is 0 Å². The number of allylic oxidation sites excluding steroid dienone is 1. The number of benzene rings is 3. The van der Waals surface area contributed by atoms with Crippen LogP contribution in [0, 0.1) is 11.8 Å². The molecule has 0 fully saturated rings. The topological polar surface area (TPSA) is 0 Å². The van der Waals surface area contributed by atoms with Crippen LogP contribution < -0.4 is 0 Å². The van der Waals surface area contributed by atoms with Gasteiger partial charge in [0, 0.05) is 16.1 Å². The Morgan fingerprint density at radius 3 is 2.26 bits per heavy atom. The van der Waals surface area contributed by atoms with E-state index in [1.165, 1.54) is 22.3 Å². The molecule has 0 amide bonds. The zero-order valence-electron chi connectivity index (χ0n) is 15.6. The molecule has 4 rings (SSSR count). The third kappa shape index (κ3) is 3.70. The molecule has 0 unspecified atom stereocenters. The van der Waals surface area contributed by atoms with E-state index < -0.39 is 0 Å². The van der Waals surface area contributed by atoms with E-state index in [0.717, 1.165) is 22.6 Å². The minimum atomic E-state index is 0.122. The van der Waals surface area contributed by atoms with Gasteiger partial charge in [0.05, 0.1) is 0 Å². The Labute approximate surface area is 166 Å². The Balaban J connectivity index is 1.79. The van der Waals surface area contributed by atoms with Crippen LogP contribution in [0.25, 0.3) is 5.57 Å². The summed E-state index contributed by atoms with van der Waals surface area (Å²) in [5.74, 6) is 6.58. The Morgan fingerprint density at radius 1 is 0.815 bits per heavy atom. The second-order valence-electron chi connectivity index (χ2n) is 7.59. The Morgan fingerprint density at radius 2 is 1.52 bits per heavy atom. The molecule has 0 heterocycles. The SMILES string of the molecule is CC1(C)CC=C(c2ccc(Cl)cc2)c2cc(C#Cc3ccccc3)ccc21. The number of fused-ring (bicyclic) bond motifs is 1. The van der Waals surface area contributed by atoms with Crippen molar-refractivity contribution in [3.63, 3.8) is 0 Å². The van der Waals surface area contributed by atoms with Crippen molar-refractivity contribution in [2.45, 2.75) is 25.7 Å². The first kappa shape index (κ1) is 17.7. The standard InChI is InChI=1S/C26H21Cl/c1-26(2)17-16-23(21-11-13-22(27)14-12-21)24-18-20(10-15-25(24)26)9-8-19-6-4-3-5-7-19/h3-7,10-16,18H,17H2,1-2H3. The number of rotatable bonds is 1. The molecule has 3 aromatic carbocycles. The number of hydrogen-bond acceptors (Lipinski definition) is 0. The summed E-state index contributed by atoms with van der Waals surface area (Å²) in [6.07, 6.45) is 3.37. The molecule has 0 N–H and O–H groups in total. The highest BCUT2D eigenvalue weighted by atomic mass is 35.5. The lowest BCUT2D eigenvalue weighted by molar-refractivity contribution is 0.527. The largest absolute Gasteiger partial charge is 0.0843 e. The summed E-state index contributed by atoms with van der Waals surface area (Å²) in [5, 5.41) is 0.762. The minimum absolute atomic E-state index is 0.122. The van der Waals surface area contributed by atoms with E-state index >= 15 is 0 Å². The van der Waals surface area contributed by atoms with Crippen LogP contribution in [0.3, 0.4) is 0 Å². The summed E-state index contributed by atoms with van der Waals surface area (Å²) < 4.78 is 0. The molecule has 0 saturated heterocycles. The second kappa shape index (κ2) is 7.10. The van der Waals surface area contributed by atoms with E-state index in [-0.39, 0.29) is 5.41 Å². The molecule has 0 radical (unpaired) electrons. The van der Waals surface area contributed by atoms with Crippen molar-refractivity contribution in [3.05, 3.63) is 112 Å². The summed E-state index contributed by atoms with van der Waals surface area (Å²) in [5.41, 5.74) is 7.30. The quantitative estimate of drug-likeness (QED) is 0.412. The maximum atomic E-state index is 6.08. The molecule has 1 aliphatic rings. The molecule has 27 heavy (non-hydrogen) atoms. The van der Waals surface area contributed by atoms with Crippen molar-refractivity contribution in [1.82, 2.24) is 0 Å². The molecule has 1 heteroatoms. The predicted molar refractivity (Wildman–Crippen MR) is 115 cm³/mol. The van der Waals surface area contributed by atoms with Crippen molar-refractivity contribution in [2.75, 3.05) is 0 Å². The maximum Gasteiger partial charge on any atom is 0.0406 e. The maximum absolute atomic E-state index is 6.08. The van der Waals surface area contributed by atoms with Gasteiger partial charge in [0.25, 0.3) is 0 Å². The summed E-state index contributed by atoms with van der Waals surface area (Å²) in [7, 11) is 0. The van der Waals surface area contributed by atoms with Crippen molar-refractivity contribution >= 4 is 17.2 Å². The molecular formula is C26H21Cl. The van der Waals surface area contributed by atoms with Crippen LogP contribution >= 0.6 is 11.6 Å². The van der Waals surface area contributed by atoms with Gasteiger partial charge in [0.1, 0.15) is 0 Å². The molecule has 0 saturated carbocycles. The molecule has 132 valence electrons. The lowest BCUT2D eigenvalue weighted by Gasteiger charge is -2.32. The van der Waals surface area contributed by atoms with Crippen molar-refractivity contribution < 1.29 is 0 Å². The third-order valence-corrected chi connectivity index (χ3v) is 5.39. The molecule has 0 spiro atoms. The van der Waals surface area contributed by atoms with Gasteiger partial charge in [-0.2, -0.15) is 0 Å². The smallest absolute Gasteiger partial charge is 0.0406 e. The first-order chi connectivity index (χ1) is 13.0. The van der Waals surface area contributed by atoms with E-state index in [1.54, 1.807) is 0 Å². The monoisotopic (exact) mass is 368 g/mol. The van der Waals surface area contributed by atoms with E-state index in [2.05, 4.69) is 62.1 Å². The zero-order valence-corrected chi connectivity index (χ0v) is 16.3. The fourth-order valence-electron chi connectivity index (χ4n) is 3.58. The Kier molecular flexibility index (Phi) is 4.65. The zero-order chi connectivity index (χ0) is 18.9. The average Bonchev–Trinajstić information content (AvgIpc) is 2.68. The predicted octanol–water partition coefficient (Wildman–Crippen LogP) is 6.85. The van der Waals surface area contributed by atoms with Crippen molar-refractivity contribution in [1.29, 1.82) is 0 Å². The van der Waals surface area contributed by atoms with Crippen LogP contribution in [-0.2, 0) is 5.41 Å². The van der Waals surface area contributed by atoms with Crippen LogP contribution in [0.4, 0.5) is 0 Å². The molecular weight excluding hydrogens is 348 g/mol. The first-order valence-electron chi connectivity index (χ1n) is 9.21. The van der Waals surface area contributed by atoms with Gasteiger partial charge in [0.2, 0.25) is 0 Å². The Hall–Kier alpha value is -2.75. The van der Waals surface area contributed by atoms with Gasteiger partial charge in [-0.3, -0.25) is 0 Å². The average molecular weight is 369 g/mol. The van der Waals surface area contributed by atoms with Gasteiger partial charge in [0.15, 0.2) is 0 Å². The van der Waals surface area contributed by atoms with E-state index in [9.17, 15) is 0 Å². The van der Waals surface area contributed by atoms with E-state index in [1.807, 2.05) is 42.5 Å². The molecule has 0 atom stereocenters. The molecule has 1 aliphatic carbocycles. The van der Waals surface area contributed by atoms with Gasteiger partial charge < -0.3 is 0 Å². The number of halogens is 1. The minimum Gasteiger partial charge on any atom is -0.0843 e. The van der Waals surface area contributed by atoms with Gasteiger partial charge in [-0.15, -0.1) is 0 Å². The van der Waals surface area contributed by atoms with Crippen LogP contribution in [0.1, 0.15) is 48.1 Å². The first-order valence-corrected chi connectivity index (χ1v) is 9.59. The van der Waals surface area contributed by atoms with Crippen molar-refractivity contribution in [2.24, 2.45) is 0 Å². The highest BCUT2D eigenvalue weighted by molar-refractivity contribution is 6.30. The summed E-state index contributed by atoms with van der Waals surface area (Å²) in [6, 6.07) is 24.8.